The van der Waals surface area contributed by atoms with E-state index in [0.717, 1.165) is 21.8 Å². The summed E-state index contributed by atoms with van der Waals surface area (Å²) in [5.74, 6) is 0.536. The Morgan fingerprint density at radius 2 is 1.93 bits per heavy atom. The number of imidazole rings is 1. The van der Waals surface area contributed by atoms with Gasteiger partial charge in [0.25, 0.3) is 5.56 Å². The number of hydrogen-bond donors (Lipinski definition) is 1. The Labute approximate surface area is 259 Å². The number of para-hydroxylation sites is 2. The van der Waals surface area contributed by atoms with Gasteiger partial charge in [0.05, 0.1) is 40.6 Å². The summed E-state index contributed by atoms with van der Waals surface area (Å²) in [6, 6.07) is 22.3. The molecule has 6 aromatic rings. The van der Waals surface area contributed by atoms with Crippen molar-refractivity contribution in [2.24, 2.45) is 4.99 Å². The van der Waals surface area contributed by atoms with Gasteiger partial charge in [0.2, 0.25) is 0 Å². The zero-order chi connectivity index (χ0) is 30.4. The Hall–Kier alpha value is -4.87. The molecule has 0 saturated heterocycles. The molecule has 0 aliphatic carbocycles. The molecule has 11 heteroatoms. The predicted octanol–water partition coefficient (Wildman–Crippen LogP) is 5.58. The van der Waals surface area contributed by atoms with Crippen LogP contribution in [0.2, 0.25) is 0 Å². The third-order valence-corrected chi connectivity index (χ3v) is 9.17. The van der Waals surface area contributed by atoms with E-state index < -0.39 is 12.0 Å². The van der Waals surface area contributed by atoms with Crippen LogP contribution in [0.15, 0.2) is 109 Å². The molecule has 0 radical (unpaired) electrons. The number of esters is 1. The Bertz CT molecular complexity index is 2260. The van der Waals surface area contributed by atoms with Crippen molar-refractivity contribution in [2.75, 3.05) is 13.7 Å². The van der Waals surface area contributed by atoms with Crippen molar-refractivity contribution < 1.29 is 18.7 Å². The minimum atomic E-state index is -0.815. The number of benzene rings is 3. The van der Waals surface area contributed by atoms with Gasteiger partial charge in [-0.3, -0.25) is 9.36 Å². The number of H-pyrrole nitrogens is 1. The van der Waals surface area contributed by atoms with Gasteiger partial charge < -0.3 is 18.9 Å². The van der Waals surface area contributed by atoms with Crippen molar-refractivity contribution >= 4 is 56.9 Å². The molecule has 7 rings (SSSR count). The van der Waals surface area contributed by atoms with E-state index in [1.54, 1.807) is 31.6 Å². The molecule has 0 fully saturated rings. The number of carbonyl (C=O) groups is 1. The van der Waals surface area contributed by atoms with Crippen LogP contribution in [0.1, 0.15) is 31.2 Å². The fourth-order valence-electron chi connectivity index (χ4n) is 5.47. The monoisotopic (exact) mass is 622 g/mol. The second-order valence-corrected chi connectivity index (χ2v) is 12.0. The highest BCUT2D eigenvalue weighted by Gasteiger charge is 2.36. The lowest BCUT2D eigenvalue weighted by Gasteiger charge is -2.27. The number of ether oxygens (including phenoxy) is 2. The summed E-state index contributed by atoms with van der Waals surface area (Å²) in [6.07, 6.45) is 1.70. The van der Waals surface area contributed by atoms with E-state index in [1.165, 1.54) is 23.1 Å². The number of fused-ring (bicyclic) bond motifs is 3. The van der Waals surface area contributed by atoms with Crippen LogP contribution in [0.3, 0.4) is 0 Å². The molecule has 1 aliphatic rings. The molecule has 0 spiro atoms. The number of aromatic nitrogens is 3. The molecule has 0 bridgehead atoms. The van der Waals surface area contributed by atoms with Crippen molar-refractivity contribution in [3.05, 3.63) is 115 Å². The van der Waals surface area contributed by atoms with Crippen molar-refractivity contribution in [3.63, 3.8) is 0 Å². The molecule has 1 aliphatic heterocycles. The maximum Gasteiger partial charge on any atom is 0.338 e. The van der Waals surface area contributed by atoms with Gasteiger partial charge in [-0.2, -0.15) is 0 Å². The standard InChI is InChI=1S/C33H26N4O5S2/c1-4-41-31(39)27-18(2)34-33-37(29(27)28-21-10-6-5-9-19(21)13-15-24(28)40-3)30(38)25(43-33)17-20-14-16-26(42-20)44-32-35-22-11-7-8-12-23(22)36-32/h5-17,29H,4H2,1-3H3,(H,35,36)/b25-17+/t29-/m0/s1. The van der Waals surface area contributed by atoms with Crippen LogP contribution in [0.5, 0.6) is 5.75 Å². The Morgan fingerprint density at radius 3 is 2.75 bits per heavy atom. The Kier molecular flexibility index (Phi) is 7.19. The van der Waals surface area contributed by atoms with E-state index in [9.17, 15) is 9.59 Å². The molecular weight excluding hydrogens is 597 g/mol. The van der Waals surface area contributed by atoms with Gasteiger partial charge in [-0.1, -0.05) is 53.8 Å². The lowest BCUT2D eigenvalue weighted by molar-refractivity contribution is -0.139. The average Bonchev–Trinajstić information content (AvgIpc) is 3.73. The van der Waals surface area contributed by atoms with Gasteiger partial charge in [-0.05, 0) is 66.7 Å². The van der Waals surface area contributed by atoms with Gasteiger partial charge in [0, 0.05) is 11.6 Å². The molecule has 9 nitrogen and oxygen atoms in total. The molecule has 44 heavy (non-hydrogen) atoms. The van der Waals surface area contributed by atoms with Crippen LogP contribution in [-0.4, -0.2) is 34.2 Å². The number of allylic oxidation sites excluding steroid dienone is 1. The van der Waals surface area contributed by atoms with Crippen LogP contribution in [0.25, 0.3) is 27.9 Å². The van der Waals surface area contributed by atoms with E-state index in [-0.39, 0.29) is 12.2 Å². The van der Waals surface area contributed by atoms with Gasteiger partial charge in [-0.15, -0.1) is 0 Å². The second-order valence-electron chi connectivity index (χ2n) is 10.0. The number of carbonyl (C=O) groups excluding carboxylic acids is 1. The highest BCUT2D eigenvalue weighted by molar-refractivity contribution is 7.99. The molecule has 3 aromatic carbocycles. The zero-order valence-corrected chi connectivity index (χ0v) is 25.6. The summed E-state index contributed by atoms with van der Waals surface area (Å²) in [7, 11) is 1.58. The fourth-order valence-corrected chi connectivity index (χ4v) is 7.27. The lowest BCUT2D eigenvalue weighted by Crippen LogP contribution is -2.40. The average molecular weight is 623 g/mol. The number of nitrogens with one attached hydrogen (secondary N) is 1. The number of rotatable bonds is 7. The number of thiazole rings is 1. The first-order chi connectivity index (χ1) is 21.4. The van der Waals surface area contributed by atoms with Crippen LogP contribution in [0, 0.1) is 0 Å². The first-order valence-corrected chi connectivity index (χ1v) is 15.6. The molecule has 0 saturated carbocycles. The molecular formula is C33H26N4O5S2. The summed E-state index contributed by atoms with van der Waals surface area (Å²) in [5, 5.41) is 3.15. The van der Waals surface area contributed by atoms with Gasteiger partial charge in [-0.25, -0.2) is 14.8 Å². The summed E-state index contributed by atoms with van der Waals surface area (Å²) >= 11 is 2.60. The first kappa shape index (κ1) is 27.9. The normalized spacial score (nSPS) is 15.1. The highest BCUT2D eigenvalue weighted by atomic mass is 32.2. The Morgan fingerprint density at radius 1 is 1.11 bits per heavy atom. The number of methoxy groups -OCH3 is 1. The minimum Gasteiger partial charge on any atom is -0.496 e. The van der Waals surface area contributed by atoms with Gasteiger partial charge in [0.15, 0.2) is 15.1 Å². The van der Waals surface area contributed by atoms with E-state index in [4.69, 9.17) is 18.9 Å². The van der Waals surface area contributed by atoms with Gasteiger partial charge >= 0.3 is 5.97 Å². The Balaban J connectivity index is 1.35. The van der Waals surface area contributed by atoms with E-state index in [0.29, 0.717) is 47.9 Å². The lowest BCUT2D eigenvalue weighted by atomic mass is 9.90. The second kappa shape index (κ2) is 11.3. The highest BCUT2D eigenvalue weighted by Crippen LogP contribution is 2.40. The molecule has 1 atom stereocenters. The topological polar surface area (TPSA) is 112 Å². The number of aromatic amines is 1. The quantitative estimate of drug-likeness (QED) is 0.231. The van der Waals surface area contributed by atoms with Crippen LogP contribution in [-0.2, 0) is 9.53 Å². The maximum absolute atomic E-state index is 14.2. The number of nitrogens with zero attached hydrogens (tertiary/aromatic N) is 3. The van der Waals surface area contributed by atoms with E-state index in [2.05, 4.69) is 9.97 Å². The molecule has 0 amide bonds. The summed E-state index contributed by atoms with van der Waals surface area (Å²) in [6.45, 7) is 3.70. The fraction of sp³-hybridized carbons (Fsp3) is 0.152. The summed E-state index contributed by atoms with van der Waals surface area (Å²) in [4.78, 5) is 40.6. The molecule has 3 aromatic heterocycles. The van der Waals surface area contributed by atoms with Crippen molar-refractivity contribution in [1.82, 2.24) is 14.5 Å². The smallest absolute Gasteiger partial charge is 0.338 e. The van der Waals surface area contributed by atoms with E-state index >= 15 is 0 Å². The van der Waals surface area contributed by atoms with Crippen molar-refractivity contribution in [1.29, 1.82) is 0 Å². The van der Waals surface area contributed by atoms with Crippen LogP contribution >= 0.6 is 23.1 Å². The summed E-state index contributed by atoms with van der Waals surface area (Å²) < 4.78 is 19.3. The molecule has 0 unspecified atom stereocenters. The SMILES string of the molecule is CCOC(=O)C1=C(C)N=c2s/c(=C/c3ccc(Sc4nc5ccccc5[nH]4)o3)c(=O)n2[C@@H]1c1c(OC)ccc2ccccc12. The maximum atomic E-state index is 14.2. The third kappa shape index (κ3) is 4.83. The molecule has 1 N–H and O–H groups in total. The largest absolute Gasteiger partial charge is 0.496 e. The molecule has 220 valence electrons. The number of hydrogen-bond acceptors (Lipinski definition) is 9. The third-order valence-electron chi connectivity index (χ3n) is 7.38. The van der Waals surface area contributed by atoms with Crippen molar-refractivity contribution in [3.8, 4) is 5.75 Å². The van der Waals surface area contributed by atoms with Crippen molar-refractivity contribution in [2.45, 2.75) is 30.1 Å². The summed E-state index contributed by atoms with van der Waals surface area (Å²) in [5.41, 5.74) is 2.99. The predicted molar refractivity (Wildman–Crippen MR) is 170 cm³/mol. The molecule has 4 heterocycles. The van der Waals surface area contributed by atoms with E-state index in [1.807, 2.05) is 72.8 Å². The van der Waals surface area contributed by atoms with Crippen LogP contribution < -0.4 is 19.6 Å². The van der Waals surface area contributed by atoms with Gasteiger partial charge in [0.1, 0.15) is 17.6 Å². The number of furan rings is 1. The van der Waals surface area contributed by atoms with Crippen LogP contribution in [0.4, 0.5) is 0 Å². The minimum absolute atomic E-state index is 0.187. The zero-order valence-electron chi connectivity index (χ0n) is 24.0. The first-order valence-electron chi connectivity index (χ1n) is 13.9.